The zero-order chi connectivity index (χ0) is 8.43. The van der Waals surface area contributed by atoms with Gasteiger partial charge in [-0.05, 0) is 13.0 Å². The molecule has 0 aliphatic carbocycles. The van der Waals surface area contributed by atoms with Gasteiger partial charge < -0.3 is 4.98 Å². The predicted molar refractivity (Wildman–Crippen MR) is 36.8 cm³/mol. The Bertz CT molecular complexity index is 306. The van der Waals surface area contributed by atoms with Crippen molar-refractivity contribution in [2.75, 3.05) is 0 Å². The molecule has 0 aliphatic heterocycles. The Morgan fingerprint density at radius 1 is 1.45 bits per heavy atom. The number of nitrogens with one attached hydrogen (secondary N) is 1. The van der Waals surface area contributed by atoms with E-state index in [9.17, 15) is 13.6 Å². The first kappa shape index (κ1) is 7.91. The van der Waals surface area contributed by atoms with Gasteiger partial charge in [0, 0.05) is 17.3 Å². The molecule has 1 heterocycles. The van der Waals surface area contributed by atoms with Crippen LogP contribution in [0, 0.1) is 6.92 Å². The molecule has 1 aromatic rings. The molecule has 0 saturated carbocycles. The van der Waals surface area contributed by atoms with Crippen molar-refractivity contribution < 1.29 is 8.78 Å². The summed E-state index contributed by atoms with van der Waals surface area (Å²) in [6.07, 6.45) is -2.52. The predicted octanol–water partition coefficient (Wildman–Crippen LogP) is 1.62. The highest BCUT2D eigenvalue weighted by atomic mass is 19.3. The van der Waals surface area contributed by atoms with Crippen LogP contribution in [-0.2, 0) is 0 Å². The molecule has 0 amide bonds. The fourth-order valence-electron chi connectivity index (χ4n) is 0.826. The first-order valence-electron chi connectivity index (χ1n) is 3.09. The van der Waals surface area contributed by atoms with Crippen molar-refractivity contribution >= 4 is 0 Å². The summed E-state index contributed by atoms with van der Waals surface area (Å²) in [6, 6.07) is 2.23. The van der Waals surface area contributed by atoms with Crippen LogP contribution in [0.5, 0.6) is 0 Å². The third-order valence-corrected chi connectivity index (χ3v) is 1.39. The SMILES string of the molecule is Cc1[nH]c(=O)ccc1C(F)F. The molecule has 60 valence electrons. The van der Waals surface area contributed by atoms with Gasteiger partial charge in [-0.2, -0.15) is 0 Å². The van der Waals surface area contributed by atoms with Crippen LogP contribution in [0.2, 0.25) is 0 Å². The van der Waals surface area contributed by atoms with Crippen LogP contribution < -0.4 is 5.56 Å². The second-order valence-corrected chi connectivity index (χ2v) is 2.20. The summed E-state index contributed by atoms with van der Waals surface area (Å²) in [6.45, 7) is 1.45. The molecule has 0 saturated heterocycles. The van der Waals surface area contributed by atoms with Crippen LogP contribution in [0.1, 0.15) is 17.7 Å². The number of hydrogen-bond donors (Lipinski definition) is 1. The number of aromatic nitrogens is 1. The Hall–Kier alpha value is -1.19. The van der Waals surface area contributed by atoms with Gasteiger partial charge in [-0.25, -0.2) is 8.78 Å². The second kappa shape index (κ2) is 2.82. The van der Waals surface area contributed by atoms with Gasteiger partial charge >= 0.3 is 0 Å². The van der Waals surface area contributed by atoms with E-state index < -0.39 is 6.43 Å². The molecule has 0 aromatic carbocycles. The van der Waals surface area contributed by atoms with Gasteiger partial charge in [-0.1, -0.05) is 0 Å². The zero-order valence-electron chi connectivity index (χ0n) is 5.90. The largest absolute Gasteiger partial charge is 0.326 e. The van der Waals surface area contributed by atoms with Crippen LogP contribution in [0.15, 0.2) is 16.9 Å². The Labute approximate surface area is 61.9 Å². The summed E-state index contributed by atoms with van der Waals surface area (Å²) in [5.41, 5.74) is -0.246. The van der Waals surface area contributed by atoms with Crippen molar-refractivity contribution in [3.63, 3.8) is 0 Å². The number of aryl methyl sites for hydroxylation is 1. The lowest BCUT2D eigenvalue weighted by Gasteiger charge is -2.01. The third kappa shape index (κ3) is 1.63. The fraction of sp³-hybridized carbons (Fsp3) is 0.286. The normalized spacial score (nSPS) is 10.5. The topological polar surface area (TPSA) is 32.9 Å². The van der Waals surface area contributed by atoms with Crippen LogP contribution in [0.4, 0.5) is 8.78 Å². The molecular formula is C7H7F2NO. The second-order valence-electron chi connectivity index (χ2n) is 2.20. The van der Waals surface area contributed by atoms with E-state index in [0.717, 1.165) is 12.1 Å². The maximum Gasteiger partial charge on any atom is 0.265 e. The Morgan fingerprint density at radius 3 is 2.55 bits per heavy atom. The quantitative estimate of drug-likeness (QED) is 0.663. The highest BCUT2D eigenvalue weighted by Crippen LogP contribution is 2.18. The fourth-order valence-corrected chi connectivity index (χ4v) is 0.826. The lowest BCUT2D eigenvalue weighted by atomic mass is 10.2. The minimum Gasteiger partial charge on any atom is -0.326 e. The Kier molecular flexibility index (Phi) is 2.03. The minimum atomic E-state index is -2.52. The van der Waals surface area contributed by atoms with E-state index in [1.54, 1.807) is 0 Å². The third-order valence-electron chi connectivity index (χ3n) is 1.39. The molecule has 0 spiro atoms. The van der Waals surface area contributed by atoms with Gasteiger partial charge in [-0.3, -0.25) is 4.79 Å². The maximum atomic E-state index is 12.0. The van der Waals surface area contributed by atoms with Gasteiger partial charge in [0.25, 0.3) is 6.43 Å². The molecule has 1 rings (SSSR count). The van der Waals surface area contributed by atoms with Crippen LogP contribution in [0.3, 0.4) is 0 Å². The summed E-state index contributed by atoms with van der Waals surface area (Å²) in [5.74, 6) is 0. The molecule has 0 aliphatic rings. The van der Waals surface area contributed by atoms with Crippen molar-refractivity contribution in [1.82, 2.24) is 4.98 Å². The Morgan fingerprint density at radius 2 is 2.09 bits per heavy atom. The maximum absolute atomic E-state index is 12.0. The average Bonchev–Trinajstić information content (AvgIpc) is 1.85. The van der Waals surface area contributed by atoms with Gasteiger partial charge in [0.05, 0.1) is 0 Å². The number of aromatic amines is 1. The van der Waals surface area contributed by atoms with Crippen LogP contribution in [-0.4, -0.2) is 4.98 Å². The van der Waals surface area contributed by atoms with E-state index in [2.05, 4.69) is 4.98 Å². The van der Waals surface area contributed by atoms with Crippen molar-refractivity contribution in [3.8, 4) is 0 Å². The van der Waals surface area contributed by atoms with E-state index in [1.165, 1.54) is 6.92 Å². The number of halogens is 2. The summed E-state index contributed by atoms with van der Waals surface area (Å²) >= 11 is 0. The van der Waals surface area contributed by atoms with E-state index in [-0.39, 0.29) is 16.8 Å². The molecular weight excluding hydrogens is 152 g/mol. The van der Waals surface area contributed by atoms with E-state index >= 15 is 0 Å². The van der Waals surface area contributed by atoms with Crippen molar-refractivity contribution in [1.29, 1.82) is 0 Å². The lowest BCUT2D eigenvalue weighted by Crippen LogP contribution is -2.07. The molecule has 11 heavy (non-hydrogen) atoms. The average molecular weight is 159 g/mol. The van der Waals surface area contributed by atoms with Crippen molar-refractivity contribution in [3.05, 3.63) is 33.7 Å². The molecule has 0 radical (unpaired) electrons. The summed E-state index contributed by atoms with van der Waals surface area (Å²) in [7, 11) is 0. The summed E-state index contributed by atoms with van der Waals surface area (Å²) in [5, 5.41) is 0. The molecule has 0 atom stereocenters. The highest BCUT2D eigenvalue weighted by molar-refractivity contribution is 5.19. The molecule has 0 fully saturated rings. The van der Waals surface area contributed by atoms with Gasteiger partial charge in [-0.15, -0.1) is 0 Å². The monoisotopic (exact) mass is 159 g/mol. The smallest absolute Gasteiger partial charge is 0.265 e. The van der Waals surface area contributed by atoms with Crippen LogP contribution in [0.25, 0.3) is 0 Å². The molecule has 1 aromatic heterocycles. The molecule has 0 bridgehead atoms. The standard InChI is InChI=1S/C7H7F2NO/c1-4-5(7(8)9)2-3-6(11)10-4/h2-3,7H,1H3,(H,10,11). The van der Waals surface area contributed by atoms with Gasteiger partial charge in [0.2, 0.25) is 5.56 Å². The summed E-state index contributed by atoms with van der Waals surface area (Å²) in [4.78, 5) is 12.8. The first-order chi connectivity index (χ1) is 5.11. The first-order valence-corrected chi connectivity index (χ1v) is 3.09. The number of alkyl halides is 2. The number of H-pyrrole nitrogens is 1. The molecule has 2 nitrogen and oxygen atoms in total. The Balaban J connectivity index is 3.20. The summed E-state index contributed by atoms with van der Waals surface area (Å²) < 4.78 is 24.1. The molecule has 1 N–H and O–H groups in total. The highest BCUT2D eigenvalue weighted by Gasteiger charge is 2.09. The van der Waals surface area contributed by atoms with E-state index in [1.807, 2.05) is 0 Å². The lowest BCUT2D eigenvalue weighted by molar-refractivity contribution is 0.150. The van der Waals surface area contributed by atoms with Gasteiger partial charge in [0.15, 0.2) is 0 Å². The number of hydrogen-bond acceptors (Lipinski definition) is 1. The van der Waals surface area contributed by atoms with Crippen LogP contribution >= 0.6 is 0 Å². The molecule has 4 heteroatoms. The molecule has 0 unspecified atom stereocenters. The van der Waals surface area contributed by atoms with Gasteiger partial charge in [0.1, 0.15) is 0 Å². The van der Waals surface area contributed by atoms with Crippen molar-refractivity contribution in [2.24, 2.45) is 0 Å². The van der Waals surface area contributed by atoms with E-state index in [0.29, 0.717) is 0 Å². The van der Waals surface area contributed by atoms with Crippen molar-refractivity contribution in [2.45, 2.75) is 13.3 Å². The van der Waals surface area contributed by atoms with E-state index in [4.69, 9.17) is 0 Å². The number of pyridine rings is 1. The number of rotatable bonds is 1. The minimum absolute atomic E-state index is 0.121. The zero-order valence-corrected chi connectivity index (χ0v) is 5.90.